The zero-order valence-corrected chi connectivity index (χ0v) is 13.1. The van der Waals surface area contributed by atoms with Crippen molar-refractivity contribution in [3.05, 3.63) is 65.4 Å². The van der Waals surface area contributed by atoms with E-state index in [1.165, 1.54) is 27.6 Å². The smallest absolute Gasteiger partial charge is 0.142 e. The first-order chi connectivity index (χ1) is 10.8. The molecule has 1 unspecified atom stereocenters. The normalized spacial score (nSPS) is 16.9. The highest BCUT2D eigenvalue weighted by Gasteiger charge is 2.21. The summed E-state index contributed by atoms with van der Waals surface area (Å²) in [5, 5.41) is 1.27. The van der Waals surface area contributed by atoms with E-state index >= 15 is 0 Å². The third kappa shape index (κ3) is 2.00. The highest BCUT2D eigenvalue weighted by atomic mass is 16.3. The Hall–Kier alpha value is -2.28. The van der Waals surface area contributed by atoms with Crippen LogP contribution in [0.5, 0.6) is 0 Å². The van der Waals surface area contributed by atoms with Crippen molar-refractivity contribution in [3.8, 4) is 11.1 Å². The number of fused-ring (bicyclic) bond motifs is 3. The molecule has 1 aliphatic rings. The maximum Gasteiger partial charge on any atom is 0.142 e. The molecule has 1 aromatic heterocycles. The molecule has 1 atom stereocenters. The summed E-state index contributed by atoms with van der Waals surface area (Å²) in [6.07, 6.45) is 6.50. The molecule has 110 valence electrons. The lowest BCUT2D eigenvalue weighted by molar-refractivity contribution is 0.587. The van der Waals surface area contributed by atoms with Gasteiger partial charge < -0.3 is 4.42 Å². The van der Waals surface area contributed by atoms with Crippen molar-refractivity contribution in [3.63, 3.8) is 0 Å². The van der Waals surface area contributed by atoms with Gasteiger partial charge in [-0.15, -0.1) is 0 Å². The standard InChI is InChI=1S/C21H20O/c1-3-15-10-12-16(13-11-15)17-7-5-8-18-20-14(2)6-4-9-19(20)22-21(17)18/h4-5,7-14H,3,6H2,1-2H3. The van der Waals surface area contributed by atoms with Crippen LogP contribution in [0.4, 0.5) is 0 Å². The van der Waals surface area contributed by atoms with Crippen LogP contribution in [-0.2, 0) is 6.42 Å². The van der Waals surface area contributed by atoms with Crippen molar-refractivity contribution in [2.75, 3.05) is 0 Å². The second-order valence-corrected chi connectivity index (χ2v) is 6.15. The van der Waals surface area contributed by atoms with Gasteiger partial charge in [0.05, 0.1) is 0 Å². The molecule has 0 aliphatic heterocycles. The molecule has 0 radical (unpaired) electrons. The number of para-hydroxylation sites is 1. The Balaban J connectivity index is 1.93. The Kier molecular flexibility index (Phi) is 3.15. The molecule has 3 aromatic rings. The van der Waals surface area contributed by atoms with Gasteiger partial charge in [-0.05, 0) is 36.0 Å². The van der Waals surface area contributed by atoms with Crippen LogP contribution < -0.4 is 0 Å². The largest absolute Gasteiger partial charge is 0.456 e. The van der Waals surface area contributed by atoms with E-state index in [2.05, 4.69) is 68.5 Å². The Morgan fingerprint density at radius 2 is 1.91 bits per heavy atom. The van der Waals surface area contributed by atoms with Gasteiger partial charge in [-0.1, -0.05) is 62.4 Å². The van der Waals surface area contributed by atoms with E-state index in [1.807, 2.05) is 0 Å². The van der Waals surface area contributed by atoms with Gasteiger partial charge >= 0.3 is 0 Å². The summed E-state index contributed by atoms with van der Waals surface area (Å²) >= 11 is 0. The number of hydrogen-bond donors (Lipinski definition) is 0. The van der Waals surface area contributed by atoms with Gasteiger partial charge in [0, 0.05) is 16.5 Å². The minimum atomic E-state index is 0.527. The van der Waals surface area contributed by atoms with Crippen LogP contribution in [-0.4, -0.2) is 0 Å². The van der Waals surface area contributed by atoms with Crippen molar-refractivity contribution in [2.24, 2.45) is 0 Å². The lowest BCUT2D eigenvalue weighted by atomic mass is 9.90. The molecule has 0 spiro atoms. The third-order valence-corrected chi connectivity index (χ3v) is 4.71. The van der Waals surface area contributed by atoms with Gasteiger partial charge in [-0.3, -0.25) is 0 Å². The molecule has 22 heavy (non-hydrogen) atoms. The summed E-state index contributed by atoms with van der Waals surface area (Å²) in [6, 6.07) is 15.3. The summed E-state index contributed by atoms with van der Waals surface area (Å²) in [6.45, 7) is 4.46. The van der Waals surface area contributed by atoms with Gasteiger partial charge in [0.2, 0.25) is 0 Å². The van der Waals surface area contributed by atoms with Crippen LogP contribution in [0.3, 0.4) is 0 Å². The molecule has 1 heterocycles. The number of benzene rings is 2. The molecular weight excluding hydrogens is 268 g/mol. The fourth-order valence-corrected chi connectivity index (χ4v) is 3.43. The Bertz CT molecular complexity index is 849. The lowest BCUT2D eigenvalue weighted by Crippen LogP contribution is -1.96. The molecule has 0 amide bonds. The monoisotopic (exact) mass is 288 g/mol. The highest BCUT2D eigenvalue weighted by molar-refractivity contribution is 5.96. The van der Waals surface area contributed by atoms with Gasteiger partial charge in [0.1, 0.15) is 11.3 Å². The third-order valence-electron chi connectivity index (χ3n) is 4.71. The van der Waals surface area contributed by atoms with E-state index in [0.717, 1.165) is 24.2 Å². The first-order valence-electron chi connectivity index (χ1n) is 8.09. The van der Waals surface area contributed by atoms with Gasteiger partial charge in [0.15, 0.2) is 0 Å². The summed E-state index contributed by atoms with van der Waals surface area (Å²) in [5.74, 6) is 1.56. The first-order valence-corrected chi connectivity index (χ1v) is 8.09. The molecule has 0 bridgehead atoms. The van der Waals surface area contributed by atoms with Crippen molar-refractivity contribution in [1.29, 1.82) is 0 Å². The molecule has 0 saturated heterocycles. The van der Waals surface area contributed by atoms with Crippen molar-refractivity contribution in [1.82, 2.24) is 0 Å². The number of furan rings is 1. The fourth-order valence-electron chi connectivity index (χ4n) is 3.43. The molecule has 4 rings (SSSR count). The van der Waals surface area contributed by atoms with Crippen LogP contribution in [0.1, 0.15) is 43.1 Å². The minimum absolute atomic E-state index is 0.527. The first kappa shape index (κ1) is 13.4. The predicted molar refractivity (Wildman–Crippen MR) is 93.1 cm³/mol. The predicted octanol–water partition coefficient (Wildman–Crippen LogP) is 6.18. The zero-order chi connectivity index (χ0) is 15.1. The number of hydrogen-bond acceptors (Lipinski definition) is 1. The van der Waals surface area contributed by atoms with E-state index < -0.39 is 0 Å². The molecule has 1 heteroatoms. The molecular formula is C21H20O. The highest BCUT2D eigenvalue weighted by Crippen LogP contribution is 2.41. The van der Waals surface area contributed by atoms with Crippen molar-refractivity contribution in [2.45, 2.75) is 32.6 Å². The fraction of sp³-hybridized carbons (Fsp3) is 0.238. The quantitative estimate of drug-likeness (QED) is 0.548. The zero-order valence-electron chi connectivity index (χ0n) is 13.1. The SMILES string of the molecule is CCc1ccc(-c2cccc3c4c(oc23)C=CCC4C)cc1. The number of allylic oxidation sites excluding steroid dienone is 1. The minimum Gasteiger partial charge on any atom is -0.456 e. The number of aryl methyl sites for hydroxylation is 1. The van der Waals surface area contributed by atoms with Crippen LogP contribution >= 0.6 is 0 Å². The summed E-state index contributed by atoms with van der Waals surface area (Å²) in [5.41, 5.74) is 6.17. The van der Waals surface area contributed by atoms with E-state index in [1.54, 1.807) is 0 Å². The topological polar surface area (TPSA) is 13.1 Å². The Labute approximate surface area is 131 Å². The van der Waals surface area contributed by atoms with E-state index in [-0.39, 0.29) is 0 Å². The van der Waals surface area contributed by atoms with Gasteiger partial charge in [-0.2, -0.15) is 0 Å². The lowest BCUT2D eigenvalue weighted by Gasteiger charge is -2.12. The van der Waals surface area contributed by atoms with Crippen molar-refractivity contribution >= 4 is 17.0 Å². The molecule has 0 N–H and O–H groups in total. The Morgan fingerprint density at radius 1 is 1.09 bits per heavy atom. The molecule has 1 aliphatic carbocycles. The van der Waals surface area contributed by atoms with E-state index in [9.17, 15) is 0 Å². The maximum atomic E-state index is 6.22. The van der Waals surface area contributed by atoms with Crippen LogP contribution in [0.15, 0.2) is 53.0 Å². The second kappa shape index (κ2) is 5.17. The maximum absolute atomic E-state index is 6.22. The van der Waals surface area contributed by atoms with Crippen molar-refractivity contribution < 1.29 is 4.42 Å². The van der Waals surface area contributed by atoms with Gasteiger partial charge in [0.25, 0.3) is 0 Å². The molecule has 1 nitrogen and oxygen atoms in total. The molecule has 2 aromatic carbocycles. The van der Waals surface area contributed by atoms with Crippen LogP contribution in [0.25, 0.3) is 28.2 Å². The molecule has 0 saturated carbocycles. The number of rotatable bonds is 2. The summed E-state index contributed by atoms with van der Waals surface area (Å²) in [4.78, 5) is 0. The van der Waals surface area contributed by atoms with Gasteiger partial charge in [-0.25, -0.2) is 0 Å². The van der Waals surface area contributed by atoms with Crippen LogP contribution in [0, 0.1) is 0 Å². The van der Waals surface area contributed by atoms with E-state index in [4.69, 9.17) is 4.42 Å². The second-order valence-electron chi connectivity index (χ2n) is 6.15. The van der Waals surface area contributed by atoms with E-state index in [0.29, 0.717) is 5.92 Å². The summed E-state index contributed by atoms with van der Waals surface area (Å²) in [7, 11) is 0. The molecule has 0 fully saturated rings. The Morgan fingerprint density at radius 3 is 2.68 bits per heavy atom. The average Bonchev–Trinajstić information content (AvgIpc) is 2.95. The summed E-state index contributed by atoms with van der Waals surface area (Å²) < 4.78 is 6.22. The van der Waals surface area contributed by atoms with Crippen LogP contribution in [0.2, 0.25) is 0 Å². The average molecular weight is 288 g/mol.